The fourth-order valence-electron chi connectivity index (χ4n) is 2.57. The molecule has 4 N–H and O–H groups in total. The van der Waals surface area contributed by atoms with Gasteiger partial charge in [-0.3, -0.25) is 9.59 Å². The molecule has 1 heterocycles. The summed E-state index contributed by atoms with van der Waals surface area (Å²) < 4.78 is 10.4. The number of carbonyl (C=O) groups excluding carboxylic acids is 2. The van der Waals surface area contributed by atoms with Crippen LogP contribution in [-0.4, -0.2) is 45.2 Å². The molecule has 0 radical (unpaired) electrons. The minimum absolute atomic E-state index is 0.181. The molecule has 1 unspecified atom stereocenters. The molecule has 1 aromatic carbocycles. The Morgan fingerprint density at radius 1 is 1.46 bits per heavy atom. The molecule has 1 aliphatic heterocycles. The number of methoxy groups -OCH3 is 1. The number of carbonyl (C=O) groups is 2. The molecule has 8 heteroatoms. The van der Waals surface area contributed by atoms with Crippen LogP contribution in [0.2, 0.25) is 5.02 Å². The normalized spacial score (nSPS) is 17.2. The summed E-state index contributed by atoms with van der Waals surface area (Å²) in [4.78, 5) is 23.2. The van der Waals surface area contributed by atoms with Gasteiger partial charge in [0.05, 0.1) is 12.1 Å². The average Bonchev–Trinajstić information content (AvgIpc) is 2.58. The van der Waals surface area contributed by atoms with E-state index >= 15 is 0 Å². The van der Waals surface area contributed by atoms with Crippen LogP contribution in [0.3, 0.4) is 0 Å². The van der Waals surface area contributed by atoms with Crippen molar-refractivity contribution in [3.05, 3.63) is 22.7 Å². The van der Waals surface area contributed by atoms with Gasteiger partial charge in [0.1, 0.15) is 0 Å². The van der Waals surface area contributed by atoms with Crippen LogP contribution in [0.25, 0.3) is 0 Å². The predicted octanol–water partition coefficient (Wildman–Crippen LogP) is 0.942. The van der Waals surface area contributed by atoms with Gasteiger partial charge in [0, 0.05) is 12.1 Å². The third kappa shape index (κ3) is 5.01. The fraction of sp³-hybridized carbons (Fsp3) is 0.500. The number of piperidine rings is 1. The Morgan fingerprint density at radius 2 is 2.25 bits per heavy atom. The van der Waals surface area contributed by atoms with Gasteiger partial charge in [-0.05, 0) is 44.0 Å². The number of halogens is 1. The number of benzene rings is 1. The first kappa shape index (κ1) is 18.4. The van der Waals surface area contributed by atoms with Crippen LogP contribution >= 0.6 is 11.6 Å². The van der Waals surface area contributed by atoms with Crippen LogP contribution in [0, 0.1) is 5.92 Å². The van der Waals surface area contributed by atoms with Crippen LogP contribution in [-0.2, 0) is 4.79 Å². The van der Waals surface area contributed by atoms with E-state index in [1.165, 1.54) is 19.2 Å². The van der Waals surface area contributed by atoms with Gasteiger partial charge in [0.25, 0.3) is 11.8 Å². The number of nitrogens with two attached hydrogens (primary N) is 1. The van der Waals surface area contributed by atoms with E-state index in [0.717, 1.165) is 25.9 Å². The molecule has 1 saturated heterocycles. The highest BCUT2D eigenvalue weighted by atomic mass is 35.5. The highest BCUT2D eigenvalue weighted by molar-refractivity contribution is 6.32. The van der Waals surface area contributed by atoms with Gasteiger partial charge in [-0.25, -0.2) is 0 Å². The maximum Gasteiger partial charge on any atom is 0.255 e. The number of hydrogen-bond acceptors (Lipinski definition) is 5. The number of hydrogen-bond donors (Lipinski definition) is 3. The Labute approximate surface area is 145 Å². The summed E-state index contributed by atoms with van der Waals surface area (Å²) in [6.07, 6.45) is 2.21. The molecule has 1 fully saturated rings. The second-order valence-corrected chi connectivity index (χ2v) is 6.07. The van der Waals surface area contributed by atoms with Gasteiger partial charge < -0.3 is 25.8 Å². The van der Waals surface area contributed by atoms with Gasteiger partial charge >= 0.3 is 0 Å². The molecule has 24 heavy (non-hydrogen) atoms. The van der Waals surface area contributed by atoms with Crippen LogP contribution in [0.4, 0.5) is 0 Å². The maximum absolute atomic E-state index is 12.3. The molecule has 0 aliphatic carbocycles. The Balaban J connectivity index is 2.04. The van der Waals surface area contributed by atoms with Gasteiger partial charge in [-0.15, -0.1) is 0 Å². The Morgan fingerprint density at radius 3 is 2.88 bits per heavy atom. The van der Waals surface area contributed by atoms with E-state index in [0.29, 0.717) is 18.0 Å². The summed E-state index contributed by atoms with van der Waals surface area (Å²) in [6, 6.07) is 3.01. The minimum Gasteiger partial charge on any atom is -0.493 e. The smallest absolute Gasteiger partial charge is 0.255 e. The highest BCUT2D eigenvalue weighted by Crippen LogP contribution is 2.36. The summed E-state index contributed by atoms with van der Waals surface area (Å²) in [5, 5.41) is 6.40. The molecule has 132 valence electrons. The third-order valence-electron chi connectivity index (χ3n) is 3.80. The second kappa shape index (κ2) is 8.75. The van der Waals surface area contributed by atoms with E-state index in [1.807, 2.05) is 0 Å². The maximum atomic E-state index is 12.3. The zero-order valence-electron chi connectivity index (χ0n) is 13.6. The van der Waals surface area contributed by atoms with E-state index in [1.54, 1.807) is 0 Å². The van der Waals surface area contributed by atoms with Gasteiger partial charge in [-0.2, -0.15) is 0 Å². The molecule has 0 saturated carbocycles. The lowest BCUT2D eigenvalue weighted by molar-refractivity contribution is -0.119. The van der Waals surface area contributed by atoms with Gasteiger partial charge in [-0.1, -0.05) is 11.6 Å². The quantitative estimate of drug-likeness (QED) is 0.675. The summed E-state index contributed by atoms with van der Waals surface area (Å²) in [5.74, 6) is 0.0238. The molecule has 2 rings (SSSR count). The first-order valence-corrected chi connectivity index (χ1v) is 8.16. The van der Waals surface area contributed by atoms with Gasteiger partial charge in [0.15, 0.2) is 18.1 Å². The molecule has 0 spiro atoms. The van der Waals surface area contributed by atoms with Crippen molar-refractivity contribution in [3.63, 3.8) is 0 Å². The summed E-state index contributed by atoms with van der Waals surface area (Å²) in [5.41, 5.74) is 5.42. The number of nitrogens with one attached hydrogen (secondary N) is 2. The molecule has 1 aliphatic rings. The van der Waals surface area contributed by atoms with E-state index < -0.39 is 5.91 Å². The monoisotopic (exact) mass is 355 g/mol. The first-order chi connectivity index (χ1) is 11.5. The highest BCUT2D eigenvalue weighted by Gasteiger charge is 2.18. The van der Waals surface area contributed by atoms with Crippen molar-refractivity contribution in [1.82, 2.24) is 10.6 Å². The standard InChI is InChI=1S/C16H22ClN3O4/c1-23-13-6-11(5-12(17)15(13)24-9-14(18)21)16(22)20-8-10-3-2-4-19-7-10/h5-6,10,19H,2-4,7-9H2,1H3,(H2,18,21)(H,20,22). The zero-order chi connectivity index (χ0) is 17.5. The number of rotatable bonds is 7. The van der Waals surface area contributed by atoms with E-state index in [4.69, 9.17) is 26.8 Å². The minimum atomic E-state index is -0.629. The van der Waals surface area contributed by atoms with Crippen molar-refractivity contribution >= 4 is 23.4 Å². The molecule has 7 nitrogen and oxygen atoms in total. The topological polar surface area (TPSA) is 103 Å². The number of primary amides is 1. The Bertz CT molecular complexity index is 603. The third-order valence-corrected chi connectivity index (χ3v) is 4.08. The molecule has 2 amide bonds. The zero-order valence-corrected chi connectivity index (χ0v) is 14.3. The largest absolute Gasteiger partial charge is 0.493 e. The fourth-order valence-corrected chi connectivity index (χ4v) is 2.84. The molecule has 0 aromatic heterocycles. The number of ether oxygens (including phenoxy) is 2. The summed E-state index contributed by atoms with van der Waals surface area (Å²) >= 11 is 6.14. The Hall–Kier alpha value is -1.99. The lowest BCUT2D eigenvalue weighted by Crippen LogP contribution is -2.38. The van der Waals surface area contributed by atoms with Crippen LogP contribution in [0.5, 0.6) is 11.5 Å². The van der Waals surface area contributed by atoms with Gasteiger partial charge in [0.2, 0.25) is 0 Å². The first-order valence-electron chi connectivity index (χ1n) is 7.78. The van der Waals surface area contributed by atoms with Crippen molar-refractivity contribution in [2.45, 2.75) is 12.8 Å². The summed E-state index contributed by atoms with van der Waals surface area (Å²) in [6.45, 7) is 2.22. The molecule has 0 bridgehead atoms. The summed E-state index contributed by atoms with van der Waals surface area (Å²) in [7, 11) is 1.43. The second-order valence-electron chi connectivity index (χ2n) is 5.67. The van der Waals surface area contributed by atoms with E-state index in [2.05, 4.69) is 10.6 Å². The Kier molecular flexibility index (Phi) is 6.69. The lowest BCUT2D eigenvalue weighted by atomic mass is 9.99. The lowest BCUT2D eigenvalue weighted by Gasteiger charge is -2.23. The molecular formula is C16H22ClN3O4. The van der Waals surface area contributed by atoms with Crippen molar-refractivity contribution < 1.29 is 19.1 Å². The van der Waals surface area contributed by atoms with Crippen LogP contribution in [0.15, 0.2) is 12.1 Å². The molecule has 1 aromatic rings. The van der Waals surface area contributed by atoms with Crippen molar-refractivity contribution in [3.8, 4) is 11.5 Å². The van der Waals surface area contributed by atoms with Crippen molar-refractivity contribution in [1.29, 1.82) is 0 Å². The number of amides is 2. The van der Waals surface area contributed by atoms with Crippen molar-refractivity contribution in [2.24, 2.45) is 11.7 Å². The molecule has 1 atom stereocenters. The van der Waals surface area contributed by atoms with Crippen LogP contribution < -0.4 is 25.8 Å². The van der Waals surface area contributed by atoms with Crippen LogP contribution in [0.1, 0.15) is 23.2 Å². The predicted molar refractivity (Wildman–Crippen MR) is 90.6 cm³/mol. The average molecular weight is 356 g/mol. The van der Waals surface area contributed by atoms with E-state index in [9.17, 15) is 9.59 Å². The SMILES string of the molecule is COc1cc(C(=O)NCC2CCCNC2)cc(Cl)c1OCC(N)=O. The van der Waals surface area contributed by atoms with E-state index in [-0.39, 0.29) is 29.0 Å². The van der Waals surface area contributed by atoms with Crippen molar-refractivity contribution in [2.75, 3.05) is 33.4 Å². The molecular weight excluding hydrogens is 334 g/mol.